The lowest BCUT2D eigenvalue weighted by Gasteiger charge is -2.33. The molecule has 1 unspecified atom stereocenters. The third-order valence-corrected chi connectivity index (χ3v) is 5.85. The number of piperidine rings is 1. The van der Waals surface area contributed by atoms with Crippen molar-refractivity contribution in [3.8, 4) is 0 Å². The molecule has 1 fully saturated rings. The maximum absolute atomic E-state index is 12.8. The summed E-state index contributed by atoms with van der Waals surface area (Å²) in [6, 6.07) is 10.3. The van der Waals surface area contributed by atoms with Crippen molar-refractivity contribution < 1.29 is 9.90 Å². The minimum atomic E-state index is -0.604. The summed E-state index contributed by atoms with van der Waals surface area (Å²) < 4.78 is 3.59. The number of hydrogen-bond donors (Lipinski definition) is 1. The van der Waals surface area contributed by atoms with E-state index in [0.29, 0.717) is 24.6 Å². The molecule has 8 nitrogen and oxygen atoms in total. The largest absolute Gasteiger partial charge is 0.385 e. The fourth-order valence-corrected chi connectivity index (χ4v) is 4.05. The van der Waals surface area contributed by atoms with E-state index in [2.05, 4.69) is 27.4 Å². The van der Waals surface area contributed by atoms with Crippen molar-refractivity contribution in [2.24, 2.45) is 13.0 Å². The monoisotopic (exact) mass is 408 g/mol. The molecule has 1 aromatic carbocycles. The summed E-state index contributed by atoms with van der Waals surface area (Å²) in [5.74, 6) is 0.691. The highest BCUT2D eigenvalue weighted by molar-refractivity contribution is 5.91. The molecule has 2 aromatic heterocycles. The molecule has 0 radical (unpaired) electrons. The molecule has 158 valence electrons. The molecule has 1 N–H and O–H groups in total. The average molecular weight is 409 g/mol. The van der Waals surface area contributed by atoms with Gasteiger partial charge in [0.2, 0.25) is 0 Å². The topological polar surface area (TPSA) is 89.1 Å². The number of likely N-dealkylation sites (tertiary alicyclic amines) is 1. The number of hydrogen-bond acceptors (Lipinski definition) is 5. The zero-order chi connectivity index (χ0) is 20.9. The van der Waals surface area contributed by atoms with E-state index in [-0.39, 0.29) is 11.8 Å². The highest BCUT2D eigenvalue weighted by atomic mass is 16.3. The number of amides is 1. The molecule has 0 bridgehead atoms. The smallest absolute Gasteiger partial charge is 0.276 e. The van der Waals surface area contributed by atoms with Crippen LogP contribution in [-0.2, 0) is 20.0 Å². The first-order valence-corrected chi connectivity index (χ1v) is 10.5. The molecule has 1 aliphatic rings. The lowest BCUT2D eigenvalue weighted by Crippen LogP contribution is -2.40. The molecule has 1 amide bonds. The van der Waals surface area contributed by atoms with Gasteiger partial charge in [-0.25, -0.2) is 4.98 Å². The highest BCUT2D eigenvalue weighted by Gasteiger charge is 2.31. The zero-order valence-corrected chi connectivity index (χ0v) is 17.3. The standard InChI is InChI=1S/C22H28N6O2/c1-26-15-11-23-21(26)20(29)18-9-13-27(14-10-18)22(30)19-16-28(25-24-19)12-5-8-17-6-3-2-4-7-17/h2-4,6-7,11,15-16,18,20,29H,5,8-10,12-14H2,1H3. The van der Waals surface area contributed by atoms with Crippen LogP contribution in [0.2, 0.25) is 0 Å². The Balaban J connectivity index is 1.27. The second-order valence-corrected chi connectivity index (χ2v) is 7.93. The fraction of sp³-hybridized carbons (Fsp3) is 0.455. The van der Waals surface area contributed by atoms with Crippen LogP contribution in [0.1, 0.15) is 47.2 Å². The van der Waals surface area contributed by atoms with Crippen LogP contribution in [0.15, 0.2) is 48.9 Å². The molecule has 1 saturated heterocycles. The van der Waals surface area contributed by atoms with Gasteiger partial charge < -0.3 is 14.6 Å². The molecule has 30 heavy (non-hydrogen) atoms. The van der Waals surface area contributed by atoms with Crippen molar-refractivity contribution >= 4 is 5.91 Å². The summed E-state index contributed by atoms with van der Waals surface area (Å²) in [5, 5.41) is 18.8. The summed E-state index contributed by atoms with van der Waals surface area (Å²) in [6.07, 6.45) is 8.05. The van der Waals surface area contributed by atoms with E-state index >= 15 is 0 Å². The Hall–Kier alpha value is -3.00. The van der Waals surface area contributed by atoms with Gasteiger partial charge in [-0.3, -0.25) is 9.48 Å². The molecule has 8 heteroatoms. The Labute approximate surface area is 176 Å². The van der Waals surface area contributed by atoms with Gasteiger partial charge in [-0.15, -0.1) is 5.10 Å². The maximum atomic E-state index is 12.8. The number of imidazole rings is 1. The van der Waals surface area contributed by atoms with Crippen molar-refractivity contribution in [2.45, 2.75) is 38.3 Å². The number of carbonyl (C=O) groups excluding carboxylic acids is 1. The third kappa shape index (κ3) is 4.59. The summed E-state index contributed by atoms with van der Waals surface area (Å²) in [4.78, 5) is 18.9. The molecular weight excluding hydrogens is 380 g/mol. The molecule has 0 saturated carbocycles. The lowest BCUT2D eigenvalue weighted by molar-refractivity contribution is 0.0417. The number of aliphatic hydroxyl groups excluding tert-OH is 1. The van der Waals surface area contributed by atoms with E-state index in [1.165, 1.54) is 5.56 Å². The Morgan fingerprint density at radius 1 is 1.23 bits per heavy atom. The quantitative estimate of drug-likeness (QED) is 0.648. The van der Waals surface area contributed by atoms with Crippen molar-refractivity contribution in [3.63, 3.8) is 0 Å². The van der Waals surface area contributed by atoms with E-state index in [9.17, 15) is 9.90 Å². The number of aryl methyl sites for hydroxylation is 3. The number of rotatable bonds is 7. The van der Waals surface area contributed by atoms with Crippen LogP contribution in [-0.4, -0.2) is 53.5 Å². The minimum Gasteiger partial charge on any atom is -0.385 e. The fourth-order valence-electron chi connectivity index (χ4n) is 4.05. The van der Waals surface area contributed by atoms with Gasteiger partial charge in [0.1, 0.15) is 11.9 Å². The Kier molecular flexibility index (Phi) is 6.23. The summed E-state index contributed by atoms with van der Waals surface area (Å²) in [6.45, 7) is 1.94. The van der Waals surface area contributed by atoms with E-state index in [1.54, 1.807) is 22.0 Å². The van der Waals surface area contributed by atoms with Crippen LogP contribution in [0, 0.1) is 5.92 Å². The van der Waals surface area contributed by atoms with Crippen LogP contribution in [0.5, 0.6) is 0 Å². The number of benzene rings is 1. The van der Waals surface area contributed by atoms with Gasteiger partial charge in [-0.2, -0.15) is 0 Å². The van der Waals surface area contributed by atoms with Crippen molar-refractivity contribution in [2.75, 3.05) is 13.1 Å². The van der Waals surface area contributed by atoms with Crippen molar-refractivity contribution in [1.82, 2.24) is 29.4 Å². The summed E-state index contributed by atoms with van der Waals surface area (Å²) in [7, 11) is 1.88. The van der Waals surface area contributed by atoms with Crippen LogP contribution in [0.3, 0.4) is 0 Å². The van der Waals surface area contributed by atoms with Crippen LogP contribution < -0.4 is 0 Å². The van der Waals surface area contributed by atoms with Gasteiger partial charge in [-0.1, -0.05) is 35.5 Å². The van der Waals surface area contributed by atoms with Gasteiger partial charge in [0.25, 0.3) is 5.91 Å². The van der Waals surface area contributed by atoms with Crippen LogP contribution in [0.4, 0.5) is 0 Å². The highest BCUT2D eigenvalue weighted by Crippen LogP contribution is 2.30. The van der Waals surface area contributed by atoms with Gasteiger partial charge in [-0.05, 0) is 37.2 Å². The van der Waals surface area contributed by atoms with Gasteiger partial charge in [0.05, 0.1) is 6.20 Å². The SMILES string of the molecule is Cn1ccnc1C(O)C1CCN(C(=O)c2cn(CCCc3ccccc3)nn2)CC1. The predicted octanol–water partition coefficient (Wildman–Crippen LogP) is 2.23. The van der Waals surface area contributed by atoms with E-state index in [0.717, 1.165) is 32.2 Å². The molecule has 3 aromatic rings. The molecular formula is C22H28N6O2. The normalized spacial score (nSPS) is 16.0. The van der Waals surface area contributed by atoms with Gasteiger partial charge in [0.15, 0.2) is 5.69 Å². The average Bonchev–Trinajstić information content (AvgIpc) is 3.43. The molecule has 4 rings (SSSR count). The number of aliphatic hydroxyl groups is 1. The number of aromatic nitrogens is 5. The van der Waals surface area contributed by atoms with E-state index in [4.69, 9.17) is 0 Å². The summed E-state index contributed by atoms with van der Waals surface area (Å²) in [5.41, 5.74) is 1.68. The lowest BCUT2D eigenvalue weighted by atomic mass is 9.90. The molecule has 0 spiro atoms. The first-order valence-electron chi connectivity index (χ1n) is 10.5. The van der Waals surface area contributed by atoms with E-state index < -0.39 is 6.10 Å². The van der Waals surface area contributed by atoms with Gasteiger partial charge in [0, 0.05) is 39.1 Å². The molecule has 1 aliphatic heterocycles. The van der Waals surface area contributed by atoms with Crippen LogP contribution in [0.25, 0.3) is 0 Å². The zero-order valence-electron chi connectivity index (χ0n) is 17.3. The summed E-state index contributed by atoms with van der Waals surface area (Å²) >= 11 is 0. The van der Waals surface area contributed by atoms with E-state index in [1.807, 2.05) is 36.0 Å². The third-order valence-electron chi connectivity index (χ3n) is 5.85. The molecule has 0 aliphatic carbocycles. The van der Waals surface area contributed by atoms with Gasteiger partial charge >= 0.3 is 0 Å². The van der Waals surface area contributed by atoms with Crippen molar-refractivity contribution in [1.29, 1.82) is 0 Å². The Morgan fingerprint density at radius 2 is 2.00 bits per heavy atom. The minimum absolute atomic E-state index is 0.0887. The maximum Gasteiger partial charge on any atom is 0.276 e. The number of carbonyl (C=O) groups is 1. The van der Waals surface area contributed by atoms with Crippen LogP contribution >= 0.6 is 0 Å². The molecule has 1 atom stereocenters. The van der Waals surface area contributed by atoms with Crippen molar-refractivity contribution in [3.05, 3.63) is 66.0 Å². The molecule has 3 heterocycles. The Morgan fingerprint density at radius 3 is 2.70 bits per heavy atom. The Bertz CT molecular complexity index is 959. The second-order valence-electron chi connectivity index (χ2n) is 7.93. The second kappa shape index (κ2) is 9.21. The number of nitrogens with zero attached hydrogens (tertiary/aromatic N) is 6. The first kappa shape index (κ1) is 20.3. The predicted molar refractivity (Wildman–Crippen MR) is 112 cm³/mol. The first-order chi connectivity index (χ1) is 14.6.